The predicted octanol–water partition coefficient (Wildman–Crippen LogP) is 3.11. The summed E-state index contributed by atoms with van der Waals surface area (Å²) in [4.78, 5) is 29.4. The molecule has 1 aromatic carbocycles. The molecule has 1 fully saturated rings. The van der Waals surface area contributed by atoms with Gasteiger partial charge in [0.05, 0.1) is 0 Å². The Bertz CT molecular complexity index is 1070. The van der Waals surface area contributed by atoms with Crippen molar-refractivity contribution < 1.29 is 14.0 Å². The van der Waals surface area contributed by atoms with Crippen molar-refractivity contribution in [3.8, 4) is 11.6 Å². The summed E-state index contributed by atoms with van der Waals surface area (Å²) >= 11 is 0. The van der Waals surface area contributed by atoms with E-state index >= 15 is 0 Å². The number of hydrogen-bond donors (Lipinski definition) is 1. The molecule has 1 aliphatic carbocycles. The van der Waals surface area contributed by atoms with Crippen LogP contribution in [0, 0.1) is 6.92 Å². The number of hydrogen-bond acceptors (Lipinski definition) is 6. The van der Waals surface area contributed by atoms with Crippen LogP contribution in [0.5, 0.6) is 0 Å². The van der Waals surface area contributed by atoms with Gasteiger partial charge in [-0.3, -0.25) is 9.59 Å². The first-order valence-corrected chi connectivity index (χ1v) is 11.5. The van der Waals surface area contributed by atoms with Gasteiger partial charge < -0.3 is 14.6 Å². The molecule has 0 saturated heterocycles. The topological polar surface area (TPSA) is 106 Å². The molecule has 1 aliphatic rings. The number of aryl methyl sites for hydroxylation is 1. The van der Waals surface area contributed by atoms with E-state index in [0.717, 1.165) is 37.0 Å². The predicted molar refractivity (Wildman–Crippen MR) is 122 cm³/mol. The molecular formula is C24H30N6O3. The Morgan fingerprint density at radius 3 is 2.61 bits per heavy atom. The summed E-state index contributed by atoms with van der Waals surface area (Å²) < 4.78 is 5.54. The van der Waals surface area contributed by atoms with Gasteiger partial charge in [-0.2, -0.15) is 4.80 Å². The van der Waals surface area contributed by atoms with Crippen molar-refractivity contribution >= 4 is 11.8 Å². The van der Waals surface area contributed by atoms with Crippen molar-refractivity contribution in [2.24, 2.45) is 0 Å². The summed E-state index contributed by atoms with van der Waals surface area (Å²) in [7, 11) is 0. The molecule has 174 valence electrons. The van der Waals surface area contributed by atoms with Crippen LogP contribution in [-0.2, 0) is 22.7 Å². The zero-order valence-corrected chi connectivity index (χ0v) is 19.1. The molecule has 0 aliphatic heterocycles. The van der Waals surface area contributed by atoms with Crippen molar-refractivity contribution in [1.82, 2.24) is 30.4 Å². The first-order chi connectivity index (χ1) is 16.0. The number of amides is 2. The SMILES string of the molecule is CC[C@@H](C(=O)NC1CCCC1)N(Cc1ccccc1)C(=O)Cn1nnc(-c2ccc(C)o2)n1. The largest absolute Gasteiger partial charge is 0.458 e. The zero-order chi connectivity index (χ0) is 23.2. The normalized spacial score (nSPS) is 14.8. The molecule has 4 rings (SSSR count). The number of nitrogens with one attached hydrogen (secondary N) is 1. The van der Waals surface area contributed by atoms with Crippen molar-refractivity contribution in [3.05, 3.63) is 53.8 Å². The molecule has 2 amide bonds. The number of nitrogens with zero attached hydrogens (tertiary/aromatic N) is 5. The first-order valence-electron chi connectivity index (χ1n) is 11.5. The summed E-state index contributed by atoms with van der Waals surface area (Å²) in [6, 6.07) is 12.9. The molecule has 9 nitrogen and oxygen atoms in total. The van der Waals surface area contributed by atoms with Gasteiger partial charge in [0.1, 0.15) is 18.3 Å². The monoisotopic (exact) mass is 450 g/mol. The number of furan rings is 1. The molecule has 33 heavy (non-hydrogen) atoms. The number of benzene rings is 1. The third-order valence-corrected chi connectivity index (χ3v) is 5.97. The standard InChI is InChI=1S/C24H30N6O3/c1-3-20(24(32)25-19-11-7-8-12-19)29(15-18-9-5-4-6-10-18)22(31)16-30-27-23(26-28-30)21-14-13-17(2)33-21/h4-6,9-10,13-14,19-20H,3,7-8,11-12,15-16H2,1-2H3,(H,25,32)/t20-/m0/s1. The molecule has 1 saturated carbocycles. The van der Waals surface area contributed by atoms with E-state index < -0.39 is 6.04 Å². The van der Waals surface area contributed by atoms with Gasteiger partial charge in [-0.15, -0.1) is 10.2 Å². The second-order valence-corrected chi connectivity index (χ2v) is 8.47. The van der Waals surface area contributed by atoms with E-state index in [0.29, 0.717) is 24.6 Å². The summed E-state index contributed by atoms with van der Waals surface area (Å²) in [6.07, 6.45) is 4.76. The zero-order valence-electron chi connectivity index (χ0n) is 19.1. The summed E-state index contributed by atoms with van der Waals surface area (Å²) in [5, 5.41) is 15.5. The lowest BCUT2D eigenvalue weighted by Gasteiger charge is -2.31. The Kier molecular flexibility index (Phi) is 7.16. The molecule has 9 heteroatoms. The van der Waals surface area contributed by atoms with Crippen LogP contribution < -0.4 is 5.32 Å². The third kappa shape index (κ3) is 5.66. The average Bonchev–Trinajstić information content (AvgIpc) is 3.57. The maximum atomic E-state index is 13.4. The fraction of sp³-hybridized carbons (Fsp3) is 0.458. The highest BCUT2D eigenvalue weighted by atomic mass is 16.3. The Labute approximate surface area is 193 Å². The van der Waals surface area contributed by atoms with Crippen LogP contribution in [0.25, 0.3) is 11.6 Å². The summed E-state index contributed by atoms with van der Waals surface area (Å²) in [6.45, 7) is 3.97. The van der Waals surface area contributed by atoms with E-state index in [2.05, 4.69) is 20.7 Å². The van der Waals surface area contributed by atoms with Crippen LogP contribution in [0.15, 0.2) is 46.9 Å². The highest BCUT2D eigenvalue weighted by Gasteiger charge is 2.31. The number of tetrazole rings is 1. The second-order valence-electron chi connectivity index (χ2n) is 8.47. The van der Waals surface area contributed by atoms with Gasteiger partial charge in [0.2, 0.25) is 17.6 Å². The lowest BCUT2D eigenvalue weighted by molar-refractivity contribution is -0.142. The minimum Gasteiger partial charge on any atom is -0.458 e. The number of carbonyl (C=O) groups excluding carboxylic acids is 2. The maximum absolute atomic E-state index is 13.4. The summed E-state index contributed by atoms with van der Waals surface area (Å²) in [5.41, 5.74) is 0.955. The van der Waals surface area contributed by atoms with E-state index in [-0.39, 0.29) is 24.4 Å². The van der Waals surface area contributed by atoms with Gasteiger partial charge in [0.25, 0.3) is 0 Å². The highest BCUT2D eigenvalue weighted by Crippen LogP contribution is 2.20. The van der Waals surface area contributed by atoms with Gasteiger partial charge in [0, 0.05) is 12.6 Å². The molecular weight excluding hydrogens is 420 g/mol. The number of carbonyl (C=O) groups is 2. The highest BCUT2D eigenvalue weighted by molar-refractivity contribution is 5.87. The van der Waals surface area contributed by atoms with Gasteiger partial charge in [-0.25, -0.2) is 0 Å². The van der Waals surface area contributed by atoms with E-state index in [1.807, 2.05) is 50.2 Å². The van der Waals surface area contributed by atoms with E-state index in [4.69, 9.17) is 4.42 Å². The smallest absolute Gasteiger partial charge is 0.247 e. The number of rotatable bonds is 9. The Hall–Kier alpha value is -3.49. The fourth-order valence-electron chi connectivity index (χ4n) is 4.24. The van der Waals surface area contributed by atoms with Crippen molar-refractivity contribution in [2.75, 3.05) is 0 Å². The molecule has 3 aromatic rings. The molecule has 2 heterocycles. The Balaban J connectivity index is 1.52. The minimum absolute atomic E-state index is 0.105. The van der Waals surface area contributed by atoms with Gasteiger partial charge in [0.15, 0.2) is 5.76 Å². The van der Waals surface area contributed by atoms with Crippen LogP contribution in [0.4, 0.5) is 0 Å². The summed E-state index contributed by atoms with van der Waals surface area (Å²) in [5.74, 6) is 1.20. The molecule has 0 radical (unpaired) electrons. The van der Waals surface area contributed by atoms with Crippen LogP contribution >= 0.6 is 0 Å². The maximum Gasteiger partial charge on any atom is 0.247 e. The van der Waals surface area contributed by atoms with Gasteiger partial charge in [-0.1, -0.05) is 50.1 Å². The third-order valence-electron chi connectivity index (χ3n) is 5.97. The second kappa shape index (κ2) is 10.4. The number of aromatic nitrogens is 4. The molecule has 2 aromatic heterocycles. The van der Waals surface area contributed by atoms with Crippen molar-refractivity contribution in [2.45, 2.75) is 71.1 Å². The lowest BCUT2D eigenvalue weighted by Crippen LogP contribution is -2.51. The van der Waals surface area contributed by atoms with Crippen LogP contribution in [0.1, 0.15) is 50.4 Å². The minimum atomic E-state index is -0.575. The average molecular weight is 451 g/mol. The molecule has 0 spiro atoms. The van der Waals surface area contributed by atoms with Crippen LogP contribution in [-0.4, -0.2) is 49.0 Å². The molecule has 0 unspecified atom stereocenters. The lowest BCUT2D eigenvalue weighted by atomic mass is 10.1. The van der Waals surface area contributed by atoms with Crippen LogP contribution in [0.3, 0.4) is 0 Å². The molecule has 1 N–H and O–H groups in total. The quantitative estimate of drug-likeness (QED) is 0.537. The Morgan fingerprint density at radius 1 is 1.18 bits per heavy atom. The van der Waals surface area contributed by atoms with Gasteiger partial charge >= 0.3 is 0 Å². The van der Waals surface area contributed by atoms with E-state index in [1.54, 1.807) is 11.0 Å². The molecule has 0 bridgehead atoms. The van der Waals surface area contributed by atoms with Crippen molar-refractivity contribution in [3.63, 3.8) is 0 Å². The van der Waals surface area contributed by atoms with E-state index in [1.165, 1.54) is 4.80 Å². The van der Waals surface area contributed by atoms with Gasteiger partial charge in [-0.05, 0) is 49.1 Å². The first kappa shape index (κ1) is 22.7. The fourth-order valence-corrected chi connectivity index (χ4v) is 4.24. The van der Waals surface area contributed by atoms with Crippen molar-refractivity contribution in [1.29, 1.82) is 0 Å². The molecule has 1 atom stereocenters. The Morgan fingerprint density at radius 2 is 1.94 bits per heavy atom. The van der Waals surface area contributed by atoms with Crippen LogP contribution in [0.2, 0.25) is 0 Å². The van der Waals surface area contributed by atoms with E-state index in [9.17, 15) is 9.59 Å².